The maximum atomic E-state index is 10.5. The van der Waals surface area contributed by atoms with Crippen molar-refractivity contribution in [1.82, 2.24) is 5.32 Å². The van der Waals surface area contributed by atoms with Gasteiger partial charge in [0.2, 0.25) is 0 Å². The van der Waals surface area contributed by atoms with Gasteiger partial charge >= 0.3 is 5.97 Å². The average Bonchev–Trinajstić information content (AvgIpc) is 2.05. The molecule has 0 aromatic heterocycles. The van der Waals surface area contributed by atoms with Crippen LogP contribution in [-0.4, -0.2) is 23.7 Å². The van der Waals surface area contributed by atoms with E-state index in [4.69, 9.17) is 5.11 Å². The standard InChI is InChI=1S/C8H13NO2/c1-6(8(10)11)7-4-2-3-5-9-7/h7,9H,1-5H2,(H,10,11). The van der Waals surface area contributed by atoms with Gasteiger partial charge in [0.05, 0.1) is 0 Å². The Bertz CT molecular complexity index is 171. The quantitative estimate of drug-likeness (QED) is 0.579. The lowest BCUT2D eigenvalue weighted by Gasteiger charge is -2.22. The summed E-state index contributed by atoms with van der Waals surface area (Å²) in [5.41, 5.74) is 0.296. The van der Waals surface area contributed by atoms with Crippen molar-refractivity contribution in [3.8, 4) is 0 Å². The molecule has 1 atom stereocenters. The number of hydrogen-bond acceptors (Lipinski definition) is 2. The van der Waals surface area contributed by atoms with Crippen LogP contribution < -0.4 is 5.32 Å². The molecule has 0 aromatic carbocycles. The molecule has 0 aliphatic carbocycles. The Balaban J connectivity index is 2.45. The fraction of sp³-hybridized carbons (Fsp3) is 0.625. The van der Waals surface area contributed by atoms with E-state index in [2.05, 4.69) is 11.9 Å². The van der Waals surface area contributed by atoms with Crippen molar-refractivity contribution in [2.75, 3.05) is 6.54 Å². The summed E-state index contributed by atoms with van der Waals surface area (Å²) in [6.45, 7) is 4.43. The molecule has 0 saturated carbocycles. The van der Waals surface area contributed by atoms with Gasteiger partial charge in [-0.1, -0.05) is 13.0 Å². The summed E-state index contributed by atoms with van der Waals surface area (Å²) < 4.78 is 0. The third-order valence-electron chi connectivity index (χ3n) is 2.01. The zero-order valence-electron chi connectivity index (χ0n) is 6.47. The molecule has 3 heteroatoms. The SMILES string of the molecule is C=C(C(=O)O)C1CCCCN1. The van der Waals surface area contributed by atoms with Crippen molar-refractivity contribution >= 4 is 5.97 Å². The van der Waals surface area contributed by atoms with Crippen LogP contribution in [0.15, 0.2) is 12.2 Å². The maximum absolute atomic E-state index is 10.5. The molecular formula is C8H13NO2. The lowest BCUT2D eigenvalue weighted by molar-refractivity contribution is -0.133. The van der Waals surface area contributed by atoms with E-state index in [0.29, 0.717) is 5.57 Å². The molecule has 1 heterocycles. The van der Waals surface area contributed by atoms with Crippen molar-refractivity contribution in [3.63, 3.8) is 0 Å². The Hall–Kier alpha value is -0.830. The van der Waals surface area contributed by atoms with Crippen LogP contribution in [0.2, 0.25) is 0 Å². The Kier molecular flexibility index (Phi) is 2.65. The molecule has 0 radical (unpaired) electrons. The van der Waals surface area contributed by atoms with Gasteiger partial charge in [0.1, 0.15) is 0 Å². The second kappa shape index (κ2) is 3.53. The highest BCUT2D eigenvalue weighted by atomic mass is 16.4. The Labute approximate surface area is 66.1 Å². The summed E-state index contributed by atoms with van der Waals surface area (Å²) in [7, 11) is 0. The number of hydrogen-bond donors (Lipinski definition) is 2. The number of rotatable bonds is 2. The van der Waals surface area contributed by atoms with Gasteiger partial charge in [0.25, 0.3) is 0 Å². The minimum atomic E-state index is -0.885. The normalized spacial score (nSPS) is 24.5. The maximum Gasteiger partial charge on any atom is 0.332 e. The average molecular weight is 155 g/mol. The first-order valence-electron chi connectivity index (χ1n) is 3.87. The molecular weight excluding hydrogens is 142 g/mol. The van der Waals surface area contributed by atoms with E-state index in [1.54, 1.807) is 0 Å². The van der Waals surface area contributed by atoms with Crippen LogP contribution in [0.5, 0.6) is 0 Å². The van der Waals surface area contributed by atoms with E-state index in [9.17, 15) is 4.79 Å². The molecule has 1 rings (SSSR count). The molecule has 0 amide bonds. The van der Waals surface area contributed by atoms with E-state index in [1.807, 2.05) is 0 Å². The third kappa shape index (κ3) is 2.05. The van der Waals surface area contributed by atoms with E-state index in [-0.39, 0.29) is 6.04 Å². The minimum absolute atomic E-state index is 0.00116. The largest absolute Gasteiger partial charge is 0.478 e. The molecule has 62 valence electrons. The van der Waals surface area contributed by atoms with Crippen LogP contribution in [0.4, 0.5) is 0 Å². The minimum Gasteiger partial charge on any atom is -0.478 e. The van der Waals surface area contributed by atoms with Gasteiger partial charge in [-0.2, -0.15) is 0 Å². The zero-order chi connectivity index (χ0) is 8.27. The predicted molar refractivity (Wildman–Crippen MR) is 42.4 cm³/mol. The van der Waals surface area contributed by atoms with Gasteiger partial charge in [-0.3, -0.25) is 0 Å². The van der Waals surface area contributed by atoms with Crippen molar-refractivity contribution in [2.45, 2.75) is 25.3 Å². The Morgan fingerprint density at radius 3 is 2.73 bits per heavy atom. The van der Waals surface area contributed by atoms with E-state index >= 15 is 0 Å². The highest BCUT2D eigenvalue weighted by Gasteiger charge is 2.19. The van der Waals surface area contributed by atoms with Crippen LogP contribution in [0.25, 0.3) is 0 Å². The Morgan fingerprint density at radius 1 is 1.55 bits per heavy atom. The number of carbonyl (C=O) groups is 1. The second-order valence-electron chi connectivity index (χ2n) is 2.83. The molecule has 0 spiro atoms. The fourth-order valence-corrected chi connectivity index (χ4v) is 1.30. The molecule has 0 aromatic rings. The molecule has 0 bridgehead atoms. The molecule has 1 saturated heterocycles. The molecule has 11 heavy (non-hydrogen) atoms. The van der Waals surface area contributed by atoms with Gasteiger partial charge in [-0.15, -0.1) is 0 Å². The molecule has 1 aliphatic heterocycles. The van der Waals surface area contributed by atoms with E-state index in [1.165, 1.54) is 0 Å². The lowest BCUT2D eigenvalue weighted by Crippen LogP contribution is -2.37. The summed E-state index contributed by atoms with van der Waals surface area (Å²) in [5, 5.41) is 11.7. The highest BCUT2D eigenvalue weighted by molar-refractivity contribution is 5.87. The molecule has 3 nitrogen and oxygen atoms in total. The van der Waals surface area contributed by atoms with Crippen molar-refractivity contribution in [2.24, 2.45) is 0 Å². The number of carboxylic acids is 1. The molecule has 1 fully saturated rings. The topological polar surface area (TPSA) is 49.3 Å². The van der Waals surface area contributed by atoms with Crippen LogP contribution in [0.1, 0.15) is 19.3 Å². The first kappa shape index (κ1) is 8.27. The smallest absolute Gasteiger partial charge is 0.332 e. The van der Waals surface area contributed by atoms with Crippen LogP contribution in [0.3, 0.4) is 0 Å². The third-order valence-corrected chi connectivity index (χ3v) is 2.01. The van der Waals surface area contributed by atoms with Crippen LogP contribution in [-0.2, 0) is 4.79 Å². The number of aliphatic carboxylic acids is 1. The first-order chi connectivity index (χ1) is 5.22. The van der Waals surface area contributed by atoms with Gasteiger partial charge in [0, 0.05) is 11.6 Å². The van der Waals surface area contributed by atoms with Gasteiger partial charge < -0.3 is 10.4 Å². The Morgan fingerprint density at radius 2 is 2.27 bits per heavy atom. The molecule has 2 N–H and O–H groups in total. The van der Waals surface area contributed by atoms with Crippen molar-refractivity contribution in [1.29, 1.82) is 0 Å². The molecule has 1 aliphatic rings. The molecule has 1 unspecified atom stereocenters. The summed E-state index contributed by atoms with van der Waals surface area (Å²) in [6.07, 6.45) is 3.15. The summed E-state index contributed by atoms with van der Waals surface area (Å²) in [4.78, 5) is 10.5. The second-order valence-corrected chi connectivity index (χ2v) is 2.83. The predicted octanol–water partition coefficient (Wildman–Crippen LogP) is 0.769. The van der Waals surface area contributed by atoms with Crippen molar-refractivity contribution < 1.29 is 9.90 Å². The first-order valence-corrected chi connectivity index (χ1v) is 3.87. The van der Waals surface area contributed by atoms with Gasteiger partial charge in [-0.05, 0) is 19.4 Å². The number of nitrogens with one attached hydrogen (secondary N) is 1. The highest BCUT2D eigenvalue weighted by Crippen LogP contribution is 2.12. The number of piperidine rings is 1. The van der Waals surface area contributed by atoms with Crippen LogP contribution >= 0.6 is 0 Å². The zero-order valence-corrected chi connectivity index (χ0v) is 6.47. The monoisotopic (exact) mass is 155 g/mol. The summed E-state index contributed by atoms with van der Waals surface area (Å²) >= 11 is 0. The summed E-state index contributed by atoms with van der Waals surface area (Å²) in [5.74, 6) is -0.885. The van der Waals surface area contributed by atoms with E-state index in [0.717, 1.165) is 25.8 Å². The summed E-state index contributed by atoms with van der Waals surface area (Å²) in [6, 6.07) is 0.00116. The van der Waals surface area contributed by atoms with Gasteiger partial charge in [-0.25, -0.2) is 4.79 Å². The lowest BCUT2D eigenvalue weighted by atomic mass is 9.99. The fourth-order valence-electron chi connectivity index (χ4n) is 1.30. The van der Waals surface area contributed by atoms with Crippen LogP contribution in [0, 0.1) is 0 Å². The van der Waals surface area contributed by atoms with E-state index < -0.39 is 5.97 Å². The van der Waals surface area contributed by atoms with Crippen molar-refractivity contribution in [3.05, 3.63) is 12.2 Å². The van der Waals surface area contributed by atoms with Gasteiger partial charge in [0.15, 0.2) is 0 Å². The number of carboxylic acid groups (broad SMARTS) is 1.